The van der Waals surface area contributed by atoms with Crippen molar-refractivity contribution < 1.29 is 14.3 Å². The molecule has 4 rings (SSSR count). The van der Waals surface area contributed by atoms with Crippen LogP contribution in [0.3, 0.4) is 0 Å². The molecule has 2 aliphatic rings. The number of fused-ring (bicyclic) bond motifs is 1. The molecular formula is C21H19N5O3S. The molecule has 1 aromatic heterocycles. The maximum atomic E-state index is 12.4. The molecular weight excluding hydrogens is 402 g/mol. The average Bonchev–Trinajstić information content (AvgIpc) is 3.42. The van der Waals surface area contributed by atoms with Gasteiger partial charge < -0.3 is 15.4 Å². The van der Waals surface area contributed by atoms with E-state index in [-0.39, 0.29) is 23.8 Å². The summed E-state index contributed by atoms with van der Waals surface area (Å²) in [6.07, 6.45) is 7.90. The normalized spacial score (nSPS) is 19.6. The van der Waals surface area contributed by atoms with Gasteiger partial charge in [0.05, 0.1) is 24.1 Å². The summed E-state index contributed by atoms with van der Waals surface area (Å²) in [6.45, 7) is 2.06. The number of anilines is 1. The van der Waals surface area contributed by atoms with Gasteiger partial charge in [-0.25, -0.2) is 14.8 Å². The monoisotopic (exact) mass is 421 g/mol. The first-order chi connectivity index (χ1) is 14.7. The molecule has 0 saturated carbocycles. The second-order valence-corrected chi connectivity index (χ2v) is 7.41. The molecule has 0 radical (unpaired) electrons. The molecule has 0 saturated heterocycles. The van der Waals surface area contributed by atoms with Crippen molar-refractivity contribution in [1.29, 1.82) is 0 Å². The first-order valence-electron chi connectivity index (χ1n) is 9.37. The second-order valence-electron chi connectivity index (χ2n) is 6.48. The quantitative estimate of drug-likeness (QED) is 0.551. The Morgan fingerprint density at radius 2 is 2.27 bits per heavy atom. The predicted molar refractivity (Wildman–Crippen MR) is 116 cm³/mol. The Hall–Kier alpha value is -3.59. The Morgan fingerprint density at radius 1 is 1.37 bits per heavy atom. The van der Waals surface area contributed by atoms with E-state index in [1.807, 2.05) is 23.6 Å². The van der Waals surface area contributed by atoms with Crippen LogP contribution in [-0.4, -0.2) is 35.6 Å². The topological polar surface area (TPSA) is 105 Å². The molecule has 0 spiro atoms. The van der Waals surface area contributed by atoms with Crippen molar-refractivity contribution in [3.05, 3.63) is 64.3 Å². The van der Waals surface area contributed by atoms with Gasteiger partial charge in [-0.2, -0.15) is 0 Å². The highest BCUT2D eigenvalue weighted by atomic mass is 32.1. The number of nitrogens with one attached hydrogen (secondary N) is 2. The predicted octanol–water partition coefficient (Wildman–Crippen LogP) is 2.94. The number of rotatable bonds is 6. The van der Waals surface area contributed by atoms with Crippen molar-refractivity contribution in [1.82, 2.24) is 10.3 Å². The molecule has 9 heteroatoms. The molecule has 2 atom stereocenters. The standard InChI is InChI=1S/C21H19N5O3S/c1-2-29-21(28)15-11-23-20-18(15)19(24-12-25-20)13-4-3-5-14(10-13)26-16(27)6-7-17-22-8-9-30-17/h3-12,18-19H,2H2,1H3,(H,26,27)(H,23,24,25)/b7-6+. The summed E-state index contributed by atoms with van der Waals surface area (Å²) < 4.78 is 5.17. The van der Waals surface area contributed by atoms with E-state index in [1.54, 1.807) is 31.5 Å². The number of nitrogens with zero attached hydrogens (tertiary/aromatic N) is 3. The summed E-state index contributed by atoms with van der Waals surface area (Å²) in [7, 11) is 0. The molecule has 152 valence electrons. The Labute approximate surface area is 177 Å². The van der Waals surface area contributed by atoms with Gasteiger partial charge in [0.2, 0.25) is 5.91 Å². The molecule has 1 amide bonds. The van der Waals surface area contributed by atoms with Crippen molar-refractivity contribution in [2.45, 2.75) is 13.0 Å². The minimum absolute atomic E-state index is 0.258. The number of ether oxygens (including phenoxy) is 1. The maximum Gasteiger partial charge on any atom is 0.336 e. The number of aromatic nitrogens is 1. The third kappa shape index (κ3) is 4.20. The lowest BCUT2D eigenvalue weighted by molar-refractivity contribution is -0.139. The number of esters is 1. The Kier molecular flexibility index (Phi) is 5.80. The zero-order valence-corrected chi connectivity index (χ0v) is 16.9. The number of amidine groups is 1. The van der Waals surface area contributed by atoms with Gasteiger partial charge in [0.15, 0.2) is 0 Å². The minimum atomic E-state index is -0.390. The summed E-state index contributed by atoms with van der Waals surface area (Å²) in [4.78, 5) is 37.4. The van der Waals surface area contributed by atoms with E-state index >= 15 is 0 Å². The molecule has 30 heavy (non-hydrogen) atoms. The van der Waals surface area contributed by atoms with Gasteiger partial charge in [0, 0.05) is 29.5 Å². The number of aliphatic imine (C=N–C) groups is 2. The molecule has 2 aliphatic heterocycles. The van der Waals surface area contributed by atoms with E-state index < -0.39 is 0 Å². The lowest BCUT2D eigenvalue weighted by Gasteiger charge is -2.24. The molecule has 2 unspecified atom stereocenters. The van der Waals surface area contributed by atoms with Gasteiger partial charge in [-0.1, -0.05) is 12.1 Å². The van der Waals surface area contributed by atoms with Gasteiger partial charge in [0.25, 0.3) is 0 Å². The number of carbonyl (C=O) groups is 2. The van der Waals surface area contributed by atoms with Gasteiger partial charge in [-0.05, 0) is 30.7 Å². The SMILES string of the molecule is CCOC(=O)C1=CNC2=NC=NC(c3cccc(NC(=O)/C=C/c4nccs4)c3)C12. The molecule has 3 heterocycles. The highest BCUT2D eigenvalue weighted by Gasteiger charge is 2.39. The van der Waals surface area contributed by atoms with Crippen LogP contribution < -0.4 is 10.6 Å². The molecule has 2 N–H and O–H groups in total. The fourth-order valence-electron chi connectivity index (χ4n) is 3.30. The van der Waals surface area contributed by atoms with Crippen molar-refractivity contribution >= 4 is 47.2 Å². The molecule has 1 aromatic carbocycles. The van der Waals surface area contributed by atoms with Crippen molar-refractivity contribution in [2.24, 2.45) is 15.9 Å². The Bertz CT molecular complexity index is 1070. The van der Waals surface area contributed by atoms with Crippen LogP contribution >= 0.6 is 11.3 Å². The summed E-state index contributed by atoms with van der Waals surface area (Å²) in [5, 5.41) is 8.49. The third-order valence-corrected chi connectivity index (χ3v) is 5.32. The summed E-state index contributed by atoms with van der Waals surface area (Å²) in [5.41, 5.74) is 1.97. The molecule has 2 aromatic rings. The number of amides is 1. The number of carbonyl (C=O) groups excluding carboxylic acids is 2. The van der Waals surface area contributed by atoms with E-state index in [4.69, 9.17) is 4.74 Å². The lowest BCUT2D eigenvalue weighted by atomic mass is 9.87. The van der Waals surface area contributed by atoms with E-state index in [2.05, 4.69) is 25.6 Å². The van der Waals surface area contributed by atoms with Crippen LogP contribution in [-0.2, 0) is 14.3 Å². The van der Waals surface area contributed by atoms with E-state index in [0.29, 0.717) is 23.7 Å². The van der Waals surface area contributed by atoms with Gasteiger partial charge in [0.1, 0.15) is 17.2 Å². The Balaban J connectivity index is 1.52. The van der Waals surface area contributed by atoms with Crippen LogP contribution in [0.25, 0.3) is 6.08 Å². The van der Waals surface area contributed by atoms with Crippen LogP contribution in [0, 0.1) is 5.92 Å². The van der Waals surface area contributed by atoms with Crippen molar-refractivity contribution in [2.75, 3.05) is 11.9 Å². The average molecular weight is 421 g/mol. The smallest absolute Gasteiger partial charge is 0.336 e. The Morgan fingerprint density at radius 3 is 3.07 bits per heavy atom. The highest BCUT2D eigenvalue weighted by Crippen LogP contribution is 2.37. The molecule has 0 bridgehead atoms. The number of thiazole rings is 1. The first-order valence-corrected chi connectivity index (χ1v) is 10.2. The number of hydrogen-bond acceptors (Lipinski definition) is 8. The van der Waals surface area contributed by atoms with Crippen LogP contribution in [0.5, 0.6) is 0 Å². The van der Waals surface area contributed by atoms with Crippen molar-refractivity contribution in [3.8, 4) is 0 Å². The lowest BCUT2D eigenvalue weighted by Crippen LogP contribution is -2.30. The number of hydrogen-bond donors (Lipinski definition) is 2. The molecule has 0 fully saturated rings. The zero-order chi connectivity index (χ0) is 20.9. The van der Waals surface area contributed by atoms with Crippen LogP contribution in [0.1, 0.15) is 23.5 Å². The zero-order valence-electron chi connectivity index (χ0n) is 16.1. The van der Waals surface area contributed by atoms with Crippen LogP contribution in [0.4, 0.5) is 5.69 Å². The van der Waals surface area contributed by atoms with Gasteiger partial charge >= 0.3 is 5.97 Å². The second kappa shape index (κ2) is 8.83. The summed E-state index contributed by atoms with van der Waals surface area (Å²) in [5.74, 6) is -0.353. The summed E-state index contributed by atoms with van der Waals surface area (Å²) >= 11 is 1.45. The third-order valence-electron chi connectivity index (χ3n) is 4.58. The number of benzene rings is 1. The van der Waals surface area contributed by atoms with Crippen LogP contribution in [0.15, 0.2) is 63.7 Å². The molecule has 8 nitrogen and oxygen atoms in total. The fraction of sp³-hybridized carbons (Fsp3) is 0.190. The van der Waals surface area contributed by atoms with E-state index in [0.717, 1.165) is 10.6 Å². The first kappa shape index (κ1) is 19.7. The minimum Gasteiger partial charge on any atom is -0.463 e. The molecule has 0 aliphatic carbocycles. The largest absolute Gasteiger partial charge is 0.463 e. The van der Waals surface area contributed by atoms with Gasteiger partial charge in [-0.3, -0.25) is 9.79 Å². The summed E-state index contributed by atoms with van der Waals surface area (Å²) in [6, 6.07) is 7.04. The van der Waals surface area contributed by atoms with E-state index in [9.17, 15) is 9.59 Å². The highest BCUT2D eigenvalue weighted by molar-refractivity contribution is 7.10. The maximum absolute atomic E-state index is 12.4. The van der Waals surface area contributed by atoms with E-state index in [1.165, 1.54) is 23.8 Å². The van der Waals surface area contributed by atoms with Crippen molar-refractivity contribution in [3.63, 3.8) is 0 Å². The van der Waals surface area contributed by atoms with Crippen LogP contribution in [0.2, 0.25) is 0 Å². The fourth-order valence-corrected chi connectivity index (χ4v) is 3.83. The van der Waals surface area contributed by atoms with Gasteiger partial charge in [-0.15, -0.1) is 11.3 Å².